The molecule has 2 rings (SSSR count). The predicted octanol–water partition coefficient (Wildman–Crippen LogP) is 3.19. The average Bonchev–Trinajstić information content (AvgIpc) is 2.35. The number of halogens is 1. The van der Waals surface area contributed by atoms with Gasteiger partial charge in [0.2, 0.25) is 0 Å². The lowest BCUT2D eigenvalue weighted by Crippen LogP contribution is -2.35. The van der Waals surface area contributed by atoms with Crippen molar-refractivity contribution in [1.29, 1.82) is 0 Å². The second kappa shape index (κ2) is 5.51. The summed E-state index contributed by atoms with van der Waals surface area (Å²) in [5, 5.41) is 0.203. The number of carbonyl (C=O) groups excluding carboxylic acids is 1. The second-order valence-electron chi connectivity index (χ2n) is 6.09. The summed E-state index contributed by atoms with van der Waals surface area (Å²) in [6.07, 6.45) is -0.339. The number of aromatic nitrogens is 2. The molecule has 2 aromatic rings. The highest BCUT2D eigenvalue weighted by molar-refractivity contribution is 5.82. The first kappa shape index (κ1) is 16.1. The lowest BCUT2D eigenvalue weighted by atomic mass is 10.1. The summed E-state index contributed by atoms with van der Waals surface area (Å²) >= 11 is 0. The molecule has 118 valence electrons. The molecule has 6 heteroatoms. The van der Waals surface area contributed by atoms with E-state index in [4.69, 9.17) is 4.74 Å². The SMILES string of the molecule is CCc1cc2c(=O)n(C(=O)OC(C)(C)C)c(C)nc2cc1F. The summed E-state index contributed by atoms with van der Waals surface area (Å²) < 4.78 is 19.9. The van der Waals surface area contributed by atoms with E-state index < -0.39 is 23.1 Å². The molecule has 0 saturated carbocycles. The number of fused-ring (bicyclic) bond motifs is 1. The van der Waals surface area contributed by atoms with Crippen molar-refractivity contribution in [3.8, 4) is 0 Å². The molecule has 0 bridgehead atoms. The van der Waals surface area contributed by atoms with E-state index in [2.05, 4.69) is 4.98 Å². The van der Waals surface area contributed by atoms with Gasteiger partial charge < -0.3 is 4.74 Å². The number of rotatable bonds is 1. The van der Waals surface area contributed by atoms with E-state index >= 15 is 0 Å². The maximum Gasteiger partial charge on any atom is 0.422 e. The molecule has 0 aliphatic carbocycles. The van der Waals surface area contributed by atoms with Crippen molar-refractivity contribution in [2.45, 2.75) is 46.6 Å². The molecular weight excluding hydrogens is 287 g/mol. The standard InChI is InChI=1S/C16H19FN2O3/c1-6-10-7-11-13(8-12(10)17)18-9(2)19(14(11)20)15(21)22-16(3,4)5/h7-8H,6H2,1-5H3. The summed E-state index contributed by atoms with van der Waals surface area (Å²) in [5.74, 6) is -0.244. The van der Waals surface area contributed by atoms with Gasteiger partial charge in [0.1, 0.15) is 17.2 Å². The molecule has 5 nitrogen and oxygen atoms in total. The van der Waals surface area contributed by atoms with Crippen LogP contribution in [0.15, 0.2) is 16.9 Å². The zero-order valence-electron chi connectivity index (χ0n) is 13.4. The Morgan fingerprint density at radius 1 is 1.36 bits per heavy atom. The first-order valence-electron chi connectivity index (χ1n) is 7.09. The van der Waals surface area contributed by atoms with Crippen molar-refractivity contribution in [2.75, 3.05) is 0 Å². The first-order chi connectivity index (χ1) is 10.1. The third-order valence-corrected chi connectivity index (χ3v) is 3.16. The molecular formula is C16H19FN2O3. The van der Waals surface area contributed by atoms with Crippen molar-refractivity contribution in [3.05, 3.63) is 39.7 Å². The van der Waals surface area contributed by atoms with Crippen molar-refractivity contribution < 1.29 is 13.9 Å². The summed E-state index contributed by atoms with van der Waals surface area (Å²) in [6.45, 7) is 8.44. The Bertz CT molecular complexity index is 804. The molecule has 0 unspecified atom stereocenters. The van der Waals surface area contributed by atoms with Crippen LogP contribution in [0.2, 0.25) is 0 Å². The Labute approximate surface area is 127 Å². The zero-order valence-corrected chi connectivity index (χ0v) is 13.4. The van der Waals surface area contributed by atoms with Gasteiger partial charge in [0.05, 0.1) is 10.9 Å². The van der Waals surface area contributed by atoms with E-state index in [0.717, 1.165) is 4.57 Å². The minimum absolute atomic E-state index is 0.162. The highest BCUT2D eigenvalue weighted by atomic mass is 19.1. The summed E-state index contributed by atoms with van der Waals surface area (Å²) in [4.78, 5) is 28.9. The Morgan fingerprint density at radius 3 is 2.55 bits per heavy atom. The molecule has 1 aromatic heterocycles. The van der Waals surface area contributed by atoms with Crippen LogP contribution >= 0.6 is 0 Å². The van der Waals surface area contributed by atoms with Gasteiger partial charge in [-0.25, -0.2) is 14.2 Å². The topological polar surface area (TPSA) is 61.2 Å². The van der Waals surface area contributed by atoms with Crippen molar-refractivity contribution in [3.63, 3.8) is 0 Å². The average molecular weight is 306 g/mol. The number of hydrogen-bond donors (Lipinski definition) is 0. The van der Waals surface area contributed by atoms with Crippen molar-refractivity contribution >= 4 is 17.0 Å². The maximum absolute atomic E-state index is 13.8. The van der Waals surface area contributed by atoms with Gasteiger partial charge in [0, 0.05) is 6.07 Å². The van der Waals surface area contributed by atoms with E-state index in [1.54, 1.807) is 27.7 Å². The van der Waals surface area contributed by atoms with E-state index in [-0.39, 0.29) is 16.7 Å². The van der Waals surface area contributed by atoms with Gasteiger partial charge >= 0.3 is 6.09 Å². The highest BCUT2D eigenvalue weighted by Gasteiger charge is 2.22. The molecule has 1 aromatic carbocycles. The fraction of sp³-hybridized carbons (Fsp3) is 0.438. The normalized spacial score (nSPS) is 11.7. The first-order valence-corrected chi connectivity index (χ1v) is 7.09. The summed E-state index contributed by atoms with van der Waals surface area (Å²) in [6, 6.07) is 2.67. The van der Waals surface area contributed by atoms with Crippen molar-refractivity contribution in [2.24, 2.45) is 0 Å². The van der Waals surface area contributed by atoms with Gasteiger partial charge in [-0.2, -0.15) is 4.57 Å². The molecule has 0 atom stereocenters. The monoisotopic (exact) mass is 306 g/mol. The molecule has 0 saturated heterocycles. The highest BCUT2D eigenvalue weighted by Crippen LogP contribution is 2.17. The van der Waals surface area contributed by atoms with Gasteiger partial charge in [0.25, 0.3) is 5.56 Å². The molecule has 22 heavy (non-hydrogen) atoms. The Morgan fingerprint density at radius 2 is 2.00 bits per heavy atom. The number of benzene rings is 1. The summed E-state index contributed by atoms with van der Waals surface area (Å²) in [7, 11) is 0. The van der Waals surface area contributed by atoms with Gasteiger partial charge in [-0.05, 0) is 45.7 Å². The van der Waals surface area contributed by atoms with Crippen LogP contribution in [0, 0.1) is 12.7 Å². The Kier molecular flexibility index (Phi) is 4.04. The second-order valence-corrected chi connectivity index (χ2v) is 6.09. The molecule has 0 radical (unpaired) electrons. The van der Waals surface area contributed by atoms with Crippen molar-refractivity contribution in [1.82, 2.24) is 9.55 Å². The third-order valence-electron chi connectivity index (χ3n) is 3.16. The number of nitrogens with zero attached hydrogens (tertiary/aromatic N) is 2. The van der Waals surface area contributed by atoms with Crippen LogP contribution in [0.1, 0.15) is 39.1 Å². The molecule has 1 heterocycles. The lowest BCUT2D eigenvalue weighted by molar-refractivity contribution is 0.0526. The van der Waals surface area contributed by atoms with Crippen LogP contribution in [-0.2, 0) is 11.2 Å². The minimum Gasteiger partial charge on any atom is -0.443 e. The van der Waals surface area contributed by atoms with Crippen LogP contribution in [0.5, 0.6) is 0 Å². The molecule has 0 aliphatic rings. The zero-order chi connectivity index (χ0) is 16.7. The number of carbonyl (C=O) groups is 1. The molecule has 0 fully saturated rings. The molecule has 0 aliphatic heterocycles. The fourth-order valence-electron chi connectivity index (χ4n) is 2.16. The number of hydrogen-bond acceptors (Lipinski definition) is 4. The van der Waals surface area contributed by atoms with E-state index in [1.807, 2.05) is 0 Å². The van der Waals surface area contributed by atoms with E-state index in [0.29, 0.717) is 12.0 Å². The Balaban J connectivity index is 2.69. The fourth-order valence-corrected chi connectivity index (χ4v) is 2.16. The van der Waals surface area contributed by atoms with Crippen LogP contribution in [0.3, 0.4) is 0 Å². The minimum atomic E-state index is -0.785. The quantitative estimate of drug-likeness (QED) is 0.812. The smallest absolute Gasteiger partial charge is 0.422 e. The van der Waals surface area contributed by atoms with Gasteiger partial charge in [-0.3, -0.25) is 4.79 Å². The molecule has 0 spiro atoms. The van der Waals surface area contributed by atoms with Crippen LogP contribution < -0.4 is 5.56 Å². The number of aryl methyl sites for hydroxylation is 2. The van der Waals surface area contributed by atoms with Gasteiger partial charge in [-0.1, -0.05) is 6.92 Å². The third kappa shape index (κ3) is 3.00. The summed E-state index contributed by atoms with van der Waals surface area (Å²) in [5.41, 5.74) is -0.635. The number of ether oxygens (including phenoxy) is 1. The van der Waals surface area contributed by atoms with Gasteiger partial charge in [0.15, 0.2) is 0 Å². The molecule has 0 N–H and O–H groups in total. The van der Waals surface area contributed by atoms with Gasteiger partial charge in [-0.15, -0.1) is 0 Å². The van der Waals surface area contributed by atoms with Crippen LogP contribution in [0.4, 0.5) is 9.18 Å². The molecule has 0 amide bonds. The van der Waals surface area contributed by atoms with Crippen LogP contribution in [0.25, 0.3) is 10.9 Å². The van der Waals surface area contributed by atoms with E-state index in [9.17, 15) is 14.0 Å². The largest absolute Gasteiger partial charge is 0.443 e. The predicted molar refractivity (Wildman–Crippen MR) is 81.7 cm³/mol. The van der Waals surface area contributed by atoms with Crippen LogP contribution in [-0.4, -0.2) is 21.2 Å². The maximum atomic E-state index is 13.8. The lowest BCUT2D eigenvalue weighted by Gasteiger charge is -2.20. The Hall–Kier alpha value is -2.24. The van der Waals surface area contributed by atoms with E-state index in [1.165, 1.54) is 19.1 Å².